The van der Waals surface area contributed by atoms with Gasteiger partial charge >= 0.3 is 0 Å². The third-order valence-electron chi connectivity index (χ3n) is 4.82. The largest absolute Gasteiger partial charge is 0.331 e. The Hall–Kier alpha value is -2.81. The number of carbonyl (C=O) groups is 2. The topological polar surface area (TPSA) is 52.7 Å². The lowest BCUT2D eigenvalue weighted by Crippen LogP contribution is -2.37. The van der Waals surface area contributed by atoms with E-state index < -0.39 is 11.9 Å². The number of halogens is 2. The molecule has 0 bridgehead atoms. The Bertz CT molecular complexity index is 1100. The van der Waals surface area contributed by atoms with E-state index in [2.05, 4.69) is 5.32 Å². The highest BCUT2D eigenvalue weighted by Gasteiger charge is 2.44. The highest BCUT2D eigenvalue weighted by atomic mass is 35.5. The van der Waals surface area contributed by atoms with Crippen LogP contribution in [0, 0.1) is 5.82 Å². The number of hydrogen-bond acceptors (Lipinski definition) is 4. The minimum atomic E-state index is -0.759. The van der Waals surface area contributed by atoms with E-state index in [1.807, 2.05) is 17.5 Å². The number of nitrogens with one attached hydrogen (secondary N) is 1. The summed E-state index contributed by atoms with van der Waals surface area (Å²) < 4.78 is 13.1. The van der Waals surface area contributed by atoms with Crippen LogP contribution in [0.4, 0.5) is 15.8 Å². The van der Waals surface area contributed by atoms with Crippen LogP contribution in [0.15, 0.2) is 66.0 Å². The summed E-state index contributed by atoms with van der Waals surface area (Å²) in [5.74, 6) is -1.03. The van der Waals surface area contributed by atoms with Crippen LogP contribution in [-0.2, 0) is 16.1 Å². The van der Waals surface area contributed by atoms with Crippen molar-refractivity contribution in [1.82, 2.24) is 4.90 Å². The van der Waals surface area contributed by atoms with Gasteiger partial charge in [0.25, 0.3) is 5.91 Å². The minimum absolute atomic E-state index is 0.0915. The average molecular weight is 474 g/mol. The fraction of sp³-hybridized carbons (Fsp3) is 0.136. The molecule has 158 valence electrons. The Labute approximate surface area is 193 Å². The lowest BCUT2D eigenvalue weighted by Gasteiger charge is -2.23. The fourth-order valence-electron chi connectivity index (χ4n) is 3.33. The number of carbonyl (C=O) groups excluding carboxylic acids is 2. The van der Waals surface area contributed by atoms with Gasteiger partial charge in [0.15, 0.2) is 5.11 Å². The van der Waals surface area contributed by atoms with E-state index in [-0.39, 0.29) is 18.2 Å². The van der Waals surface area contributed by atoms with Crippen LogP contribution in [0.1, 0.15) is 11.3 Å². The summed E-state index contributed by atoms with van der Waals surface area (Å²) >= 11 is 13.2. The molecule has 0 spiro atoms. The Morgan fingerprint density at radius 2 is 1.84 bits per heavy atom. The van der Waals surface area contributed by atoms with Gasteiger partial charge in [0.05, 0.1) is 18.7 Å². The number of hydrogen-bond donors (Lipinski definition) is 1. The first-order chi connectivity index (χ1) is 14.9. The first-order valence-electron chi connectivity index (χ1n) is 9.40. The highest BCUT2D eigenvalue weighted by molar-refractivity contribution is 7.80. The first-order valence-corrected chi connectivity index (χ1v) is 11.1. The first kappa shape index (κ1) is 21.4. The van der Waals surface area contributed by atoms with Crippen molar-refractivity contribution in [3.8, 4) is 0 Å². The molecule has 2 aromatic carbocycles. The second kappa shape index (κ2) is 9.13. The fourth-order valence-corrected chi connectivity index (χ4v) is 4.55. The van der Waals surface area contributed by atoms with Gasteiger partial charge in [-0.15, -0.1) is 11.3 Å². The van der Waals surface area contributed by atoms with Gasteiger partial charge in [-0.25, -0.2) is 4.39 Å². The second-order valence-corrected chi connectivity index (χ2v) is 8.75. The summed E-state index contributed by atoms with van der Waals surface area (Å²) in [6.45, 7) is 0.417. The van der Waals surface area contributed by atoms with Gasteiger partial charge in [-0.1, -0.05) is 17.7 Å². The van der Waals surface area contributed by atoms with Crippen molar-refractivity contribution >= 4 is 63.5 Å². The van der Waals surface area contributed by atoms with E-state index in [0.29, 0.717) is 28.1 Å². The summed E-state index contributed by atoms with van der Waals surface area (Å²) in [5, 5.41) is 5.54. The number of rotatable bonds is 6. The molecular weight excluding hydrogens is 457 g/mol. The SMILES string of the molecule is O=C(CC1C(=O)N(c2ccc(Cl)cc2)C(=S)N1Cc1cccs1)Nc1ccc(F)cc1. The maximum absolute atomic E-state index is 13.3. The lowest BCUT2D eigenvalue weighted by atomic mass is 10.1. The molecule has 1 aromatic heterocycles. The molecule has 31 heavy (non-hydrogen) atoms. The van der Waals surface area contributed by atoms with Gasteiger partial charge in [0, 0.05) is 15.6 Å². The molecule has 3 aromatic rings. The molecule has 1 N–H and O–H groups in total. The highest BCUT2D eigenvalue weighted by Crippen LogP contribution is 2.30. The van der Waals surface area contributed by atoms with Crippen molar-refractivity contribution in [2.45, 2.75) is 19.0 Å². The van der Waals surface area contributed by atoms with Crippen molar-refractivity contribution in [3.63, 3.8) is 0 Å². The van der Waals surface area contributed by atoms with E-state index in [1.165, 1.54) is 29.2 Å². The van der Waals surface area contributed by atoms with Crippen molar-refractivity contribution in [2.24, 2.45) is 0 Å². The zero-order valence-electron chi connectivity index (χ0n) is 16.1. The summed E-state index contributed by atoms with van der Waals surface area (Å²) in [7, 11) is 0. The molecule has 1 aliphatic rings. The number of thiocarbonyl (C=S) groups is 1. The molecule has 1 aliphatic heterocycles. The molecule has 2 amide bonds. The average Bonchev–Trinajstić information content (AvgIpc) is 3.33. The Morgan fingerprint density at radius 1 is 1.13 bits per heavy atom. The summed E-state index contributed by atoms with van der Waals surface area (Å²) in [6.07, 6.45) is -0.0915. The van der Waals surface area contributed by atoms with Gasteiger partial charge in [0.2, 0.25) is 5.91 Å². The Morgan fingerprint density at radius 3 is 2.48 bits per heavy atom. The molecular formula is C22H17ClFN3O2S2. The molecule has 9 heteroatoms. The van der Waals surface area contributed by atoms with Crippen LogP contribution in [0.5, 0.6) is 0 Å². The number of benzene rings is 2. The maximum atomic E-state index is 13.3. The van der Waals surface area contributed by atoms with E-state index in [9.17, 15) is 14.0 Å². The molecule has 1 atom stereocenters. The number of thiophene rings is 1. The zero-order chi connectivity index (χ0) is 22.0. The molecule has 0 aliphatic carbocycles. The van der Waals surface area contributed by atoms with E-state index in [4.69, 9.17) is 23.8 Å². The molecule has 2 heterocycles. The zero-order valence-corrected chi connectivity index (χ0v) is 18.5. The quantitative estimate of drug-likeness (QED) is 0.508. The van der Waals surface area contributed by atoms with Crippen molar-refractivity contribution in [2.75, 3.05) is 10.2 Å². The van der Waals surface area contributed by atoms with E-state index in [1.54, 1.807) is 40.5 Å². The number of amides is 2. The number of anilines is 2. The summed E-state index contributed by atoms with van der Waals surface area (Å²) in [4.78, 5) is 30.2. The summed E-state index contributed by atoms with van der Waals surface area (Å²) in [6, 6.07) is 15.4. The van der Waals surface area contributed by atoms with Gasteiger partial charge in [-0.2, -0.15) is 0 Å². The summed E-state index contributed by atoms with van der Waals surface area (Å²) in [5.41, 5.74) is 1.05. The molecule has 1 unspecified atom stereocenters. The predicted octanol–water partition coefficient (Wildman–Crippen LogP) is 5.07. The van der Waals surface area contributed by atoms with E-state index in [0.717, 1.165) is 4.88 Å². The molecule has 1 fully saturated rings. The third kappa shape index (κ3) is 4.76. The van der Waals surface area contributed by atoms with Crippen LogP contribution in [0.3, 0.4) is 0 Å². The smallest absolute Gasteiger partial charge is 0.256 e. The van der Waals surface area contributed by atoms with Crippen LogP contribution < -0.4 is 10.2 Å². The minimum Gasteiger partial charge on any atom is -0.331 e. The maximum Gasteiger partial charge on any atom is 0.256 e. The van der Waals surface area contributed by atoms with Gasteiger partial charge in [0.1, 0.15) is 11.9 Å². The van der Waals surface area contributed by atoms with Crippen LogP contribution in [-0.4, -0.2) is 27.9 Å². The predicted molar refractivity (Wildman–Crippen MR) is 125 cm³/mol. The van der Waals surface area contributed by atoms with Crippen molar-refractivity contribution in [3.05, 3.63) is 81.8 Å². The van der Waals surface area contributed by atoms with Crippen LogP contribution in [0.2, 0.25) is 5.02 Å². The Kier molecular flexibility index (Phi) is 6.31. The van der Waals surface area contributed by atoms with Gasteiger partial charge in [-0.05, 0) is 72.2 Å². The lowest BCUT2D eigenvalue weighted by molar-refractivity contribution is -0.124. The molecule has 0 saturated carbocycles. The van der Waals surface area contributed by atoms with Gasteiger partial charge in [-0.3, -0.25) is 14.5 Å². The third-order valence-corrected chi connectivity index (χ3v) is 6.35. The molecule has 4 rings (SSSR count). The standard InChI is InChI=1S/C22H17ClFN3O2S2/c23-14-3-9-17(10-4-14)27-21(29)19(26(22(27)30)13-18-2-1-11-31-18)12-20(28)25-16-7-5-15(24)6-8-16/h1-11,19H,12-13H2,(H,25,28). The van der Waals surface area contributed by atoms with Crippen molar-refractivity contribution < 1.29 is 14.0 Å². The normalized spacial score (nSPS) is 16.1. The number of nitrogens with zero attached hydrogens (tertiary/aromatic N) is 2. The molecule has 5 nitrogen and oxygen atoms in total. The molecule has 1 saturated heterocycles. The van der Waals surface area contributed by atoms with Gasteiger partial charge < -0.3 is 10.2 Å². The second-order valence-electron chi connectivity index (χ2n) is 6.91. The molecule has 0 radical (unpaired) electrons. The van der Waals surface area contributed by atoms with Crippen LogP contribution >= 0.6 is 35.2 Å². The van der Waals surface area contributed by atoms with E-state index >= 15 is 0 Å². The monoisotopic (exact) mass is 473 g/mol. The Balaban J connectivity index is 1.58. The van der Waals surface area contributed by atoms with Crippen molar-refractivity contribution in [1.29, 1.82) is 0 Å². The van der Waals surface area contributed by atoms with Crippen LogP contribution in [0.25, 0.3) is 0 Å².